The number of hydrogen-bond donors (Lipinski definition) is 2. The lowest BCUT2D eigenvalue weighted by Crippen LogP contribution is -2.37. The average molecular weight is 248 g/mol. The molecule has 6 heteroatoms. The van der Waals surface area contributed by atoms with E-state index in [1.807, 2.05) is 11.7 Å². The summed E-state index contributed by atoms with van der Waals surface area (Å²) in [6, 6.07) is 0. The summed E-state index contributed by atoms with van der Waals surface area (Å²) in [5.41, 5.74) is 7.53. The van der Waals surface area contributed by atoms with Crippen molar-refractivity contribution >= 4 is 16.9 Å². The van der Waals surface area contributed by atoms with Gasteiger partial charge in [-0.05, 0) is 27.3 Å². The van der Waals surface area contributed by atoms with E-state index < -0.39 is 0 Å². The second-order valence-electron chi connectivity index (χ2n) is 5.01. The second-order valence-corrected chi connectivity index (χ2v) is 5.01. The highest BCUT2D eigenvalue weighted by Crippen LogP contribution is 2.26. The van der Waals surface area contributed by atoms with Gasteiger partial charge in [0.15, 0.2) is 5.65 Å². The SMILES string of the molecule is CCc1nn(C(C)(C)CNC)c2ncnc(N)c12. The zero-order valence-electron chi connectivity index (χ0n) is 11.4. The van der Waals surface area contributed by atoms with Gasteiger partial charge in [-0.2, -0.15) is 5.10 Å². The fourth-order valence-corrected chi connectivity index (χ4v) is 2.22. The van der Waals surface area contributed by atoms with Gasteiger partial charge in [0, 0.05) is 6.54 Å². The highest BCUT2D eigenvalue weighted by Gasteiger charge is 2.25. The summed E-state index contributed by atoms with van der Waals surface area (Å²) in [7, 11) is 1.93. The first-order chi connectivity index (χ1) is 8.51. The summed E-state index contributed by atoms with van der Waals surface area (Å²) >= 11 is 0. The van der Waals surface area contributed by atoms with E-state index >= 15 is 0 Å². The number of hydrogen-bond acceptors (Lipinski definition) is 5. The molecular weight excluding hydrogens is 228 g/mol. The van der Waals surface area contributed by atoms with Crippen LogP contribution in [0.1, 0.15) is 26.5 Å². The Morgan fingerprint density at radius 1 is 1.39 bits per heavy atom. The zero-order chi connectivity index (χ0) is 13.3. The number of fused-ring (bicyclic) bond motifs is 1. The highest BCUT2D eigenvalue weighted by atomic mass is 15.4. The Labute approximate surface area is 107 Å². The molecule has 0 saturated heterocycles. The van der Waals surface area contributed by atoms with Crippen LogP contribution in [0.15, 0.2) is 6.33 Å². The largest absolute Gasteiger partial charge is 0.383 e. The summed E-state index contributed by atoms with van der Waals surface area (Å²) in [4.78, 5) is 8.40. The predicted molar refractivity (Wildman–Crippen MR) is 72.4 cm³/mol. The van der Waals surface area contributed by atoms with Crippen molar-refractivity contribution in [3.05, 3.63) is 12.0 Å². The number of rotatable bonds is 4. The lowest BCUT2D eigenvalue weighted by molar-refractivity contribution is 0.317. The fourth-order valence-electron chi connectivity index (χ4n) is 2.22. The van der Waals surface area contributed by atoms with Gasteiger partial charge < -0.3 is 11.1 Å². The molecule has 0 unspecified atom stereocenters. The number of anilines is 1. The van der Waals surface area contributed by atoms with Gasteiger partial charge in [-0.1, -0.05) is 6.92 Å². The van der Waals surface area contributed by atoms with E-state index in [9.17, 15) is 0 Å². The molecule has 2 heterocycles. The van der Waals surface area contributed by atoms with Crippen molar-refractivity contribution < 1.29 is 0 Å². The van der Waals surface area contributed by atoms with Crippen LogP contribution < -0.4 is 11.1 Å². The molecule has 0 aliphatic rings. The molecule has 0 fully saturated rings. The third kappa shape index (κ3) is 1.92. The molecule has 6 nitrogen and oxygen atoms in total. The van der Waals surface area contributed by atoms with Crippen molar-refractivity contribution in [2.75, 3.05) is 19.3 Å². The first-order valence-corrected chi connectivity index (χ1v) is 6.14. The van der Waals surface area contributed by atoms with Crippen LogP contribution in [0.25, 0.3) is 11.0 Å². The summed E-state index contributed by atoms with van der Waals surface area (Å²) < 4.78 is 1.94. The number of nitrogen functional groups attached to an aromatic ring is 1. The Hall–Kier alpha value is -1.69. The molecule has 0 spiro atoms. The molecule has 3 N–H and O–H groups in total. The van der Waals surface area contributed by atoms with Crippen LogP contribution in [-0.2, 0) is 12.0 Å². The smallest absolute Gasteiger partial charge is 0.164 e. The molecule has 2 aromatic heterocycles. The number of likely N-dealkylation sites (N-methyl/N-ethyl adjacent to an activating group) is 1. The van der Waals surface area contributed by atoms with E-state index in [1.54, 1.807) is 0 Å². The topological polar surface area (TPSA) is 81.7 Å². The van der Waals surface area contributed by atoms with E-state index in [0.29, 0.717) is 5.82 Å². The Kier molecular flexibility index (Phi) is 3.21. The minimum absolute atomic E-state index is 0.165. The third-order valence-electron chi connectivity index (χ3n) is 3.08. The quantitative estimate of drug-likeness (QED) is 0.841. The van der Waals surface area contributed by atoms with Crippen LogP contribution in [-0.4, -0.2) is 33.3 Å². The lowest BCUT2D eigenvalue weighted by Gasteiger charge is -2.25. The lowest BCUT2D eigenvalue weighted by atomic mass is 10.1. The molecule has 0 aromatic carbocycles. The standard InChI is InChI=1S/C12H20N6/c1-5-8-9-10(13)15-7-16-11(9)18(17-8)12(2,3)6-14-4/h7,14H,5-6H2,1-4H3,(H2,13,15,16). The highest BCUT2D eigenvalue weighted by molar-refractivity contribution is 5.88. The average Bonchev–Trinajstić information content (AvgIpc) is 2.70. The molecule has 98 valence electrons. The molecule has 2 rings (SSSR count). The predicted octanol–water partition coefficient (Wildman–Crippen LogP) is 0.925. The van der Waals surface area contributed by atoms with Gasteiger partial charge in [0.25, 0.3) is 0 Å². The van der Waals surface area contributed by atoms with Crippen molar-refractivity contribution in [3.8, 4) is 0 Å². The molecule has 0 bridgehead atoms. The first-order valence-electron chi connectivity index (χ1n) is 6.14. The number of aromatic nitrogens is 4. The van der Waals surface area contributed by atoms with Crippen molar-refractivity contribution in [3.63, 3.8) is 0 Å². The summed E-state index contributed by atoms with van der Waals surface area (Å²) in [6.45, 7) is 7.10. The van der Waals surface area contributed by atoms with Gasteiger partial charge in [-0.3, -0.25) is 0 Å². The Morgan fingerprint density at radius 3 is 2.72 bits per heavy atom. The second kappa shape index (κ2) is 4.53. The molecule has 2 aromatic rings. The zero-order valence-corrected chi connectivity index (χ0v) is 11.4. The van der Waals surface area contributed by atoms with Gasteiger partial charge >= 0.3 is 0 Å². The molecule has 0 saturated carbocycles. The van der Waals surface area contributed by atoms with Gasteiger partial charge in [0.05, 0.1) is 16.6 Å². The first kappa shape index (κ1) is 12.8. The van der Waals surface area contributed by atoms with Crippen molar-refractivity contribution in [1.82, 2.24) is 25.1 Å². The Bertz CT molecular complexity index is 557. The fraction of sp³-hybridized carbons (Fsp3) is 0.583. The Morgan fingerprint density at radius 2 is 2.11 bits per heavy atom. The van der Waals surface area contributed by atoms with Crippen LogP contribution in [0.3, 0.4) is 0 Å². The number of nitrogens with two attached hydrogens (primary N) is 1. The third-order valence-corrected chi connectivity index (χ3v) is 3.08. The molecule has 0 aliphatic carbocycles. The number of nitrogens with zero attached hydrogens (tertiary/aromatic N) is 4. The molecule has 0 radical (unpaired) electrons. The van der Waals surface area contributed by atoms with Crippen LogP contribution in [0.2, 0.25) is 0 Å². The number of nitrogens with one attached hydrogen (secondary N) is 1. The minimum Gasteiger partial charge on any atom is -0.383 e. The molecular formula is C12H20N6. The van der Waals surface area contributed by atoms with E-state index in [2.05, 4.69) is 41.2 Å². The molecule has 0 atom stereocenters. The molecule has 0 aliphatic heterocycles. The van der Waals surface area contributed by atoms with Crippen molar-refractivity contribution in [2.24, 2.45) is 0 Å². The van der Waals surface area contributed by atoms with Crippen LogP contribution >= 0.6 is 0 Å². The van der Waals surface area contributed by atoms with Gasteiger partial charge in [0.2, 0.25) is 0 Å². The maximum absolute atomic E-state index is 5.94. The van der Waals surface area contributed by atoms with Gasteiger partial charge in [0.1, 0.15) is 12.1 Å². The normalized spacial score (nSPS) is 12.2. The van der Waals surface area contributed by atoms with Crippen molar-refractivity contribution in [1.29, 1.82) is 0 Å². The van der Waals surface area contributed by atoms with E-state index in [0.717, 1.165) is 29.7 Å². The van der Waals surface area contributed by atoms with Gasteiger partial charge in [-0.25, -0.2) is 14.6 Å². The summed E-state index contributed by atoms with van der Waals surface area (Å²) in [5.74, 6) is 0.503. The van der Waals surface area contributed by atoms with E-state index in [4.69, 9.17) is 5.73 Å². The summed E-state index contributed by atoms with van der Waals surface area (Å²) in [6.07, 6.45) is 2.31. The minimum atomic E-state index is -0.165. The van der Waals surface area contributed by atoms with Crippen LogP contribution in [0.4, 0.5) is 5.82 Å². The van der Waals surface area contributed by atoms with E-state index in [-0.39, 0.29) is 5.54 Å². The maximum atomic E-state index is 5.94. The van der Waals surface area contributed by atoms with E-state index in [1.165, 1.54) is 6.33 Å². The van der Waals surface area contributed by atoms with Crippen molar-refractivity contribution in [2.45, 2.75) is 32.7 Å². The molecule has 0 amide bonds. The summed E-state index contributed by atoms with van der Waals surface area (Å²) in [5, 5.41) is 8.71. The van der Waals surface area contributed by atoms with Crippen LogP contribution in [0.5, 0.6) is 0 Å². The monoisotopic (exact) mass is 248 g/mol. The maximum Gasteiger partial charge on any atom is 0.164 e. The van der Waals surface area contributed by atoms with Gasteiger partial charge in [-0.15, -0.1) is 0 Å². The van der Waals surface area contributed by atoms with Crippen LogP contribution in [0, 0.1) is 0 Å². The Balaban J connectivity index is 2.69. The molecule has 18 heavy (non-hydrogen) atoms. The number of aryl methyl sites for hydroxylation is 1.